The number of β-amino-alcohol motifs (C(OH)–C–C–N with tert-alkyl or cyclic N) is 1. The molecule has 3 amide bonds. The number of benzene rings is 2. The van der Waals surface area contributed by atoms with Gasteiger partial charge in [-0.25, -0.2) is 4.79 Å². The number of urea groups is 1. The van der Waals surface area contributed by atoms with Crippen molar-refractivity contribution in [3.63, 3.8) is 0 Å². The van der Waals surface area contributed by atoms with Crippen LogP contribution in [-0.4, -0.2) is 48.3 Å². The first-order valence-corrected chi connectivity index (χ1v) is 11.8. The highest BCUT2D eigenvalue weighted by Gasteiger charge is 2.54. The molecule has 1 aliphatic carbocycles. The van der Waals surface area contributed by atoms with Crippen molar-refractivity contribution in [2.45, 2.75) is 64.0 Å². The number of aliphatic hydroxyl groups is 1. The van der Waals surface area contributed by atoms with E-state index in [-0.39, 0.29) is 24.5 Å². The molecule has 182 valence electrons. The second-order valence-corrected chi connectivity index (χ2v) is 10.3. The van der Waals surface area contributed by atoms with Crippen LogP contribution in [0, 0.1) is 6.92 Å². The molecule has 0 bridgehead atoms. The molecule has 0 aromatic heterocycles. The van der Waals surface area contributed by atoms with Gasteiger partial charge in [0.05, 0.1) is 13.7 Å². The number of amides is 3. The SMILES string of the molecule is COc1ccc2c(c1)CCC[C@@]21NC(=O)N(C[C@H](O)COc2ccc(C(C)(C)C)cc2C)C1=O. The number of nitrogens with zero attached hydrogens (tertiary/aromatic N) is 1. The molecule has 1 aliphatic heterocycles. The van der Waals surface area contributed by atoms with Gasteiger partial charge in [-0.1, -0.05) is 39.0 Å². The highest BCUT2D eigenvalue weighted by Crippen LogP contribution is 2.41. The standard InChI is InChI=1S/C27H34N2O5/c1-17-13-19(26(2,3)4)8-11-23(17)34-16-20(30)15-29-24(31)27(28-25(29)32)12-6-7-18-14-21(33-5)9-10-22(18)27/h8-11,13-14,20,30H,6-7,12,15-16H2,1-5H3,(H,28,32)/t20-,27+/m0/s1. The number of ether oxygens (including phenoxy) is 2. The Balaban J connectivity index is 1.45. The van der Waals surface area contributed by atoms with E-state index in [1.807, 2.05) is 37.3 Å². The van der Waals surface area contributed by atoms with E-state index >= 15 is 0 Å². The maximum atomic E-state index is 13.5. The molecule has 2 N–H and O–H groups in total. The summed E-state index contributed by atoms with van der Waals surface area (Å²) in [4.78, 5) is 27.4. The number of nitrogens with one attached hydrogen (secondary N) is 1. The number of rotatable bonds is 6. The minimum absolute atomic E-state index is 0.0203. The lowest BCUT2D eigenvalue weighted by molar-refractivity contribution is -0.133. The zero-order valence-corrected chi connectivity index (χ0v) is 20.6. The molecule has 1 fully saturated rings. The van der Waals surface area contributed by atoms with Crippen LogP contribution in [0.3, 0.4) is 0 Å². The second-order valence-electron chi connectivity index (χ2n) is 10.3. The van der Waals surface area contributed by atoms with Crippen LogP contribution in [0.4, 0.5) is 4.79 Å². The third kappa shape index (κ3) is 4.37. The normalized spacial score (nSPS) is 20.8. The Hall–Kier alpha value is -3.06. The number of carbonyl (C=O) groups excluding carboxylic acids is 2. The van der Waals surface area contributed by atoms with E-state index in [2.05, 4.69) is 32.2 Å². The van der Waals surface area contributed by atoms with Crippen molar-refractivity contribution in [2.24, 2.45) is 0 Å². The Morgan fingerprint density at radius 2 is 1.94 bits per heavy atom. The Morgan fingerprint density at radius 1 is 1.18 bits per heavy atom. The van der Waals surface area contributed by atoms with E-state index in [0.717, 1.165) is 40.2 Å². The van der Waals surface area contributed by atoms with Crippen molar-refractivity contribution in [1.82, 2.24) is 10.2 Å². The summed E-state index contributed by atoms with van der Waals surface area (Å²) >= 11 is 0. The molecule has 1 spiro atoms. The zero-order valence-electron chi connectivity index (χ0n) is 20.6. The molecule has 34 heavy (non-hydrogen) atoms. The minimum atomic E-state index is -1.09. The van der Waals surface area contributed by atoms with Crippen molar-refractivity contribution < 1.29 is 24.2 Å². The highest BCUT2D eigenvalue weighted by molar-refractivity contribution is 6.07. The fourth-order valence-corrected chi connectivity index (χ4v) is 4.87. The number of methoxy groups -OCH3 is 1. The third-order valence-corrected chi connectivity index (χ3v) is 6.81. The van der Waals surface area contributed by atoms with E-state index in [1.54, 1.807) is 7.11 Å². The van der Waals surface area contributed by atoms with Crippen LogP contribution >= 0.6 is 0 Å². The van der Waals surface area contributed by atoms with E-state index in [4.69, 9.17) is 9.47 Å². The molecule has 2 aromatic carbocycles. The Labute approximate surface area is 201 Å². The van der Waals surface area contributed by atoms with Gasteiger partial charge in [0, 0.05) is 0 Å². The predicted molar refractivity (Wildman–Crippen MR) is 129 cm³/mol. The monoisotopic (exact) mass is 466 g/mol. The first-order chi connectivity index (χ1) is 16.0. The quantitative estimate of drug-likeness (QED) is 0.632. The van der Waals surface area contributed by atoms with Crippen molar-refractivity contribution in [1.29, 1.82) is 0 Å². The average Bonchev–Trinajstić information content (AvgIpc) is 3.02. The number of aliphatic hydroxyl groups excluding tert-OH is 1. The summed E-state index contributed by atoms with van der Waals surface area (Å²) in [5.41, 5.74) is 2.93. The fourth-order valence-electron chi connectivity index (χ4n) is 4.87. The van der Waals surface area contributed by atoms with Crippen LogP contribution in [0.15, 0.2) is 36.4 Å². The van der Waals surface area contributed by atoms with Crippen molar-refractivity contribution in [3.05, 3.63) is 58.7 Å². The number of aryl methyl sites for hydroxylation is 2. The lowest BCUT2D eigenvalue weighted by atomic mass is 9.76. The van der Waals surface area contributed by atoms with Gasteiger partial charge in [0.1, 0.15) is 29.7 Å². The van der Waals surface area contributed by atoms with Gasteiger partial charge in [-0.05, 0) is 72.1 Å². The van der Waals surface area contributed by atoms with Crippen LogP contribution in [0.5, 0.6) is 11.5 Å². The molecule has 7 nitrogen and oxygen atoms in total. The van der Waals surface area contributed by atoms with E-state index in [1.165, 1.54) is 5.56 Å². The van der Waals surface area contributed by atoms with Gasteiger partial charge in [0.25, 0.3) is 5.91 Å². The number of hydrogen-bond acceptors (Lipinski definition) is 5. The number of carbonyl (C=O) groups is 2. The molecule has 1 heterocycles. The number of imide groups is 1. The van der Waals surface area contributed by atoms with Gasteiger partial charge in [0.2, 0.25) is 0 Å². The first-order valence-electron chi connectivity index (χ1n) is 11.8. The molecule has 4 rings (SSSR count). The maximum absolute atomic E-state index is 13.5. The summed E-state index contributed by atoms with van der Waals surface area (Å²) in [7, 11) is 1.61. The Kier molecular flexibility index (Phi) is 6.34. The topological polar surface area (TPSA) is 88.1 Å². The van der Waals surface area contributed by atoms with E-state index < -0.39 is 17.7 Å². The van der Waals surface area contributed by atoms with Crippen LogP contribution in [-0.2, 0) is 22.2 Å². The summed E-state index contributed by atoms with van der Waals surface area (Å²) in [6.07, 6.45) is 1.11. The van der Waals surface area contributed by atoms with Gasteiger partial charge < -0.3 is 19.9 Å². The minimum Gasteiger partial charge on any atom is -0.497 e. The predicted octanol–water partition coefficient (Wildman–Crippen LogP) is 3.82. The maximum Gasteiger partial charge on any atom is 0.325 e. The van der Waals surface area contributed by atoms with Gasteiger partial charge in [-0.2, -0.15) is 0 Å². The summed E-state index contributed by atoms with van der Waals surface area (Å²) in [6.45, 7) is 8.27. The molecule has 1 saturated heterocycles. The number of fused-ring (bicyclic) bond motifs is 2. The Bertz CT molecular complexity index is 1110. The first kappa shape index (κ1) is 24.1. The molecule has 7 heteroatoms. The Morgan fingerprint density at radius 3 is 2.62 bits per heavy atom. The lowest BCUT2D eigenvalue weighted by Gasteiger charge is -2.33. The fraction of sp³-hybridized carbons (Fsp3) is 0.481. The average molecular weight is 467 g/mol. The van der Waals surface area contributed by atoms with Crippen LogP contribution in [0.25, 0.3) is 0 Å². The molecule has 0 unspecified atom stereocenters. The number of hydrogen-bond donors (Lipinski definition) is 2. The molecule has 2 aliphatic rings. The summed E-state index contributed by atoms with van der Waals surface area (Å²) in [5, 5.41) is 13.5. The molecular formula is C27H34N2O5. The van der Waals surface area contributed by atoms with Crippen LogP contribution in [0.1, 0.15) is 55.9 Å². The van der Waals surface area contributed by atoms with Crippen molar-refractivity contribution in [3.8, 4) is 11.5 Å². The van der Waals surface area contributed by atoms with Crippen molar-refractivity contribution >= 4 is 11.9 Å². The molecule has 0 saturated carbocycles. The zero-order chi connectivity index (χ0) is 24.7. The molecular weight excluding hydrogens is 432 g/mol. The lowest BCUT2D eigenvalue weighted by Crippen LogP contribution is -2.47. The van der Waals surface area contributed by atoms with Crippen molar-refractivity contribution in [2.75, 3.05) is 20.3 Å². The van der Waals surface area contributed by atoms with E-state index in [0.29, 0.717) is 12.2 Å². The van der Waals surface area contributed by atoms with Crippen LogP contribution in [0.2, 0.25) is 0 Å². The van der Waals surface area contributed by atoms with Gasteiger partial charge >= 0.3 is 6.03 Å². The summed E-state index contributed by atoms with van der Waals surface area (Å²) in [6, 6.07) is 11.1. The van der Waals surface area contributed by atoms with E-state index in [9.17, 15) is 14.7 Å². The van der Waals surface area contributed by atoms with Crippen LogP contribution < -0.4 is 14.8 Å². The molecule has 2 atom stereocenters. The second kappa shape index (κ2) is 8.95. The largest absolute Gasteiger partial charge is 0.497 e. The highest BCUT2D eigenvalue weighted by atomic mass is 16.5. The smallest absolute Gasteiger partial charge is 0.325 e. The van der Waals surface area contributed by atoms with Gasteiger partial charge in [-0.15, -0.1) is 0 Å². The van der Waals surface area contributed by atoms with Gasteiger partial charge in [0.15, 0.2) is 0 Å². The summed E-state index contributed by atoms with van der Waals surface area (Å²) in [5.74, 6) is 1.08. The summed E-state index contributed by atoms with van der Waals surface area (Å²) < 4.78 is 11.2. The third-order valence-electron chi connectivity index (χ3n) is 6.81. The molecule has 2 aromatic rings. The molecule has 0 radical (unpaired) electrons. The van der Waals surface area contributed by atoms with Gasteiger partial charge in [-0.3, -0.25) is 9.69 Å².